The van der Waals surface area contributed by atoms with Gasteiger partial charge in [0, 0.05) is 32.1 Å². The highest BCUT2D eigenvalue weighted by atomic mass is 32.2. The van der Waals surface area contributed by atoms with Crippen LogP contribution in [-0.2, 0) is 30.1 Å². The predicted octanol–water partition coefficient (Wildman–Crippen LogP) is 2.32. The molecule has 2 fully saturated rings. The first-order valence-corrected chi connectivity index (χ1v) is 15.7. The van der Waals surface area contributed by atoms with Crippen LogP contribution in [0.3, 0.4) is 0 Å². The van der Waals surface area contributed by atoms with Crippen molar-refractivity contribution in [2.24, 2.45) is 5.92 Å². The van der Waals surface area contributed by atoms with Gasteiger partial charge in [0.15, 0.2) is 0 Å². The molecule has 13 heteroatoms. The van der Waals surface area contributed by atoms with E-state index in [1.807, 2.05) is 4.90 Å². The van der Waals surface area contributed by atoms with Crippen LogP contribution in [0.25, 0.3) is 0 Å². The van der Waals surface area contributed by atoms with Gasteiger partial charge >= 0.3 is 5.97 Å². The summed E-state index contributed by atoms with van der Waals surface area (Å²) in [5.41, 5.74) is 0.885. The molecule has 1 N–H and O–H groups in total. The molecule has 0 radical (unpaired) electrons. The van der Waals surface area contributed by atoms with Gasteiger partial charge in [0.1, 0.15) is 16.9 Å². The number of nitrogens with zero attached hydrogens (tertiary/aromatic N) is 4. The summed E-state index contributed by atoms with van der Waals surface area (Å²) in [7, 11) is -3.85. The Bertz CT molecular complexity index is 1400. The lowest BCUT2D eigenvalue weighted by atomic mass is 9.96. The van der Waals surface area contributed by atoms with Crippen LogP contribution in [0.2, 0.25) is 0 Å². The summed E-state index contributed by atoms with van der Waals surface area (Å²) in [6, 6.07) is 12.2. The molecule has 0 unspecified atom stereocenters. The zero-order chi connectivity index (χ0) is 28.7. The van der Waals surface area contributed by atoms with Gasteiger partial charge in [-0.1, -0.05) is 42.1 Å². The number of aromatic nitrogens is 1. The lowest BCUT2D eigenvalue weighted by molar-refractivity contribution is -0.131. The fourth-order valence-electron chi connectivity index (χ4n) is 4.48. The zero-order valence-corrected chi connectivity index (χ0v) is 23.8. The van der Waals surface area contributed by atoms with Crippen molar-refractivity contribution in [3.05, 3.63) is 53.1 Å². The van der Waals surface area contributed by atoms with Gasteiger partial charge in [0.25, 0.3) is 0 Å². The van der Waals surface area contributed by atoms with E-state index in [2.05, 4.69) is 15.8 Å². The van der Waals surface area contributed by atoms with E-state index >= 15 is 0 Å². The molecule has 1 aromatic carbocycles. The lowest BCUT2D eigenvalue weighted by Gasteiger charge is -2.33. The first-order valence-electron chi connectivity index (χ1n) is 13.1. The number of anilines is 1. The Hall–Kier alpha value is -3.63. The number of carbonyl (C=O) groups excluding carboxylic acids is 3. The molecule has 0 atom stereocenters. The number of esters is 1. The maximum Gasteiger partial charge on any atom is 0.340 e. The molecule has 0 saturated carbocycles. The number of likely N-dealkylation sites (tertiary alicyclic amines) is 1. The molecule has 3 heterocycles. The second kappa shape index (κ2) is 13.1. The number of nitrogens with one attached hydrogen (secondary N) is 1. The molecule has 11 nitrogen and oxygen atoms in total. The number of pyridine rings is 1. The third-order valence-corrected chi connectivity index (χ3v) is 8.95. The molecule has 40 heavy (non-hydrogen) atoms. The maximum absolute atomic E-state index is 12.8. The number of amides is 2. The normalized spacial score (nSPS) is 15.6. The molecular weight excluding hydrogens is 554 g/mol. The minimum absolute atomic E-state index is 0.0483. The van der Waals surface area contributed by atoms with Gasteiger partial charge in [0.05, 0.1) is 29.2 Å². The number of ether oxygens (including phenoxy) is 1. The second-order valence-electron chi connectivity index (χ2n) is 9.54. The van der Waals surface area contributed by atoms with Gasteiger partial charge in [-0.05, 0) is 37.8 Å². The van der Waals surface area contributed by atoms with Crippen LogP contribution in [0.4, 0.5) is 5.82 Å². The first kappa shape index (κ1) is 29.4. The van der Waals surface area contributed by atoms with Gasteiger partial charge in [-0.15, -0.1) is 0 Å². The Morgan fingerprint density at radius 1 is 1.15 bits per heavy atom. The van der Waals surface area contributed by atoms with E-state index in [4.69, 9.17) is 4.74 Å². The Labute approximate surface area is 237 Å². The SMILES string of the molecule is CCOC(=O)c1cc(C#N)c(N2CCC(C(=O)NS(=O)(=O)Cc3ccccc3)CC2)nc1SCC(=O)N1CCC1. The smallest absolute Gasteiger partial charge is 0.340 e. The Kier molecular flexibility index (Phi) is 9.65. The standard InChI is InChI=1S/C27H31N5O6S2/c1-2-38-27(35)22-15-21(16-28)24(29-26(22)39-17-23(33)31-11-6-12-31)32-13-9-20(10-14-32)25(34)30-40(36,37)18-19-7-4-3-5-8-19/h3-5,7-8,15,20H,2,6,9-14,17-18H2,1H3,(H,30,34). The van der Waals surface area contributed by atoms with Crippen molar-refractivity contribution >= 4 is 45.4 Å². The number of piperidine rings is 1. The summed E-state index contributed by atoms with van der Waals surface area (Å²) in [5.74, 6) is -1.58. The van der Waals surface area contributed by atoms with Crippen molar-refractivity contribution < 1.29 is 27.5 Å². The number of hydrogen-bond donors (Lipinski definition) is 1. The highest BCUT2D eigenvalue weighted by Crippen LogP contribution is 2.31. The highest BCUT2D eigenvalue weighted by molar-refractivity contribution is 8.00. The molecule has 2 aliphatic rings. The molecule has 1 aromatic heterocycles. The molecule has 4 rings (SSSR count). The number of hydrogen-bond acceptors (Lipinski definition) is 10. The summed E-state index contributed by atoms with van der Waals surface area (Å²) in [6.45, 7) is 3.97. The maximum atomic E-state index is 12.8. The number of carbonyl (C=O) groups is 3. The van der Waals surface area contributed by atoms with Gasteiger partial charge in [-0.3, -0.25) is 14.3 Å². The van der Waals surface area contributed by atoms with Crippen molar-refractivity contribution in [3.63, 3.8) is 0 Å². The van der Waals surface area contributed by atoms with Crippen molar-refractivity contribution in [1.29, 1.82) is 5.26 Å². The van der Waals surface area contributed by atoms with E-state index in [1.54, 1.807) is 42.2 Å². The average molecular weight is 586 g/mol. The van der Waals surface area contributed by atoms with E-state index in [0.29, 0.717) is 55.4 Å². The number of benzene rings is 1. The summed E-state index contributed by atoms with van der Waals surface area (Å²) in [5, 5.41) is 10.1. The molecule has 2 amide bonds. The van der Waals surface area contributed by atoms with Crippen molar-refractivity contribution in [2.75, 3.05) is 43.4 Å². The molecular formula is C27H31N5O6S2. The molecule has 0 bridgehead atoms. The predicted molar refractivity (Wildman–Crippen MR) is 149 cm³/mol. The number of thioether (sulfide) groups is 1. The van der Waals surface area contributed by atoms with Gasteiger partial charge < -0.3 is 14.5 Å². The van der Waals surface area contributed by atoms with E-state index in [1.165, 1.54) is 6.07 Å². The van der Waals surface area contributed by atoms with Crippen LogP contribution in [0.5, 0.6) is 0 Å². The Morgan fingerprint density at radius 3 is 2.45 bits per heavy atom. The van der Waals surface area contributed by atoms with E-state index in [0.717, 1.165) is 18.2 Å². The van der Waals surface area contributed by atoms with Crippen LogP contribution < -0.4 is 9.62 Å². The van der Waals surface area contributed by atoms with E-state index in [9.17, 15) is 28.1 Å². The highest BCUT2D eigenvalue weighted by Gasteiger charge is 2.31. The Morgan fingerprint density at radius 2 is 1.85 bits per heavy atom. The third kappa shape index (κ3) is 7.31. The van der Waals surface area contributed by atoms with Crippen LogP contribution in [0.1, 0.15) is 47.7 Å². The van der Waals surface area contributed by atoms with Gasteiger partial charge in [-0.25, -0.2) is 18.2 Å². The second-order valence-corrected chi connectivity index (χ2v) is 12.2. The van der Waals surface area contributed by atoms with Gasteiger partial charge in [-0.2, -0.15) is 5.26 Å². The summed E-state index contributed by atoms with van der Waals surface area (Å²) < 4.78 is 32.4. The van der Waals surface area contributed by atoms with Crippen LogP contribution in [0, 0.1) is 17.2 Å². The molecule has 2 saturated heterocycles. The number of nitriles is 1. The number of rotatable bonds is 10. The summed E-state index contributed by atoms with van der Waals surface area (Å²) in [6.07, 6.45) is 1.68. The van der Waals surface area contributed by atoms with E-state index < -0.39 is 27.8 Å². The monoisotopic (exact) mass is 585 g/mol. The van der Waals surface area contributed by atoms with Crippen LogP contribution in [-0.4, -0.2) is 74.6 Å². The van der Waals surface area contributed by atoms with Gasteiger partial charge in [0.2, 0.25) is 21.8 Å². The topological polar surface area (TPSA) is 150 Å². The minimum Gasteiger partial charge on any atom is -0.462 e. The Balaban J connectivity index is 1.45. The quantitative estimate of drug-likeness (QED) is 0.325. The minimum atomic E-state index is -3.85. The molecule has 2 aliphatic heterocycles. The van der Waals surface area contributed by atoms with Crippen molar-refractivity contribution in [3.8, 4) is 6.07 Å². The first-order chi connectivity index (χ1) is 19.2. The average Bonchev–Trinajstić information content (AvgIpc) is 2.90. The fraction of sp³-hybridized carbons (Fsp3) is 0.444. The van der Waals surface area contributed by atoms with E-state index in [-0.39, 0.29) is 35.1 Å². The fourth-order valence-corrected chi connectivity index (χ4v) is 6.55. The van der Waals surface area contributed by atoms with Crippen molar-refractivity contribution in [2.45, 2.75) is 37.0 Å². The molecule has 0 aliphatic carbocycles. The summed E-state index contributed by atoms with van der Waals surface area (Å²) in [4.78, 5) is 46.0. The van der Waals surface area contributed by atoms with Crippen molar-refractivity contribution in [1.82, 2.24) is 14.6 Å². The number of sulfonamides is 1. The molecule has 2 aromatic rings. The molecule has 212 valence electrons. The largest absolute Gasteiger partial charge is 0.462 e. The molecule has 0 spiro atoms. The lowest BCUT2D eigenvalue weighted by Crippen LogP contribution is -2.43. The zero-order valence-electron chi connectivity index (χ0n) is 22.2. The third-order valence-electron chi connectivity index (χ3n) is 6.75. The summed E-state index contributed by atoms with van der Waals surface area (Å²) >= 11 is 1.13. The van der Waals surface area contributed by atoms with Crippen LogP contribution in [0.15, 0.2) is 41.4 Å². The van der Waals surface area contributed by atoms with Crippen LogP contribution >= 0.6 is 11.8 Å².